The van der Waals surface area contributed by atoms with Crippen LogP contribution < -0.4 is 11.4 Å². The summed E-state index contributed by atoms with van der Waals surface area (Å²) in [7, 11) is 0. The van der Waals surface area contributed by atoms with Gasteiger partial charge in [0, 0.05) is 12.1 Å². The fourth-order valence-electron chi connectivity index (χ4n) is 1.86. The van der Waals surface area contributed by atoms with E-state index in [1.807, 2.05) is 0 Å². The van der Waals surface area contributed by atoms with Crippen LogP contribution in [0.4, 0.5) is 10.1 Å². The summed E-state index contributed by atoms with van der Waals surface area (Å²) in [5.74, 6) is -0.476. The third kappa shape index (κ3) is 1.16. The molecule has 1 aromatic heterocycles. The van der Waals surface area contributed by atoms with E-state index in [9.17, 15) is 9.18 Å². The monoisotopic (exact) mass is 207 g/mol. The van der Waals surface area contributed by atoms with Crippen molar-refractivity contribution in [3.63, 3.8) is 0 Å². The van der Waals surface area contributed by atoms with Crippen molar-refractivity contribution in [1.29, 1.82) is 0 Å². The number of anilines is 1. The number of aromatic amines is 1. The molecule has 0 amide bonds. The van der Waals surface area contributed by atoms with Gasteiger partial charge in [0.25, 0.3) is 0 Å². The smallest absolute Gasteiger partial charge is 0.326 e. The van der Waals surface area contributed by atoms with Gasteiger partial charge < -0.3 is 10.7 Å². The fourth-order valence-corrected chi connectivity index (χ4v) is 1.86. The third-order valence-electron chi connectivity index (χ3n) is 2.75. The summed E-state index contributed by atoms with van der Waals surface area (Å²) in [6.07, 6.45) is 1.97. The van der Waals surface area contributed by atoms with E-state index in [0.717, 1.165) is 12.8 Å². The Morgan fingerprint density at radius 1 is 1.47 bits per heavy atom. The predicted molar refractivity (Wildman–Crippen MR) is 55.2 cm³/mol. The van der Waals surface area contributed by atoms with Crippen LogP contribution in [0.3, 0.4) is 0 Å². The van der Waals surface area contributed by atoms with E-state index in [0.29, 0.717) is 11.0 Å². The number of halogens is 1. The number of imidazole rings is 1. The minimum Gasteiger partial charge on any atom is -0.396 e. The molecule has 1 heterocycles. The Morgan fingerprint density at radius 2 is 2.20 bits per heavy atom. The van der Waals surface area contributed by atoms with E-state index in [-0.39, 0.29) is 17.4 Å². The predicted octanol–water partition coefficient (Wildman–Crippen LogP) is 1.39. The highest BCUT2D eigenvalue weighted by Gasteiger charge is 2.27. The maximum atomic E-state index is 13.3. The molecule has 2 aromatic rings. The second kappa shape index (κ2) is 2.62. The second-order valence-corrected chi connectivity index (χ2v) is 3.92. The van der Waals surface area contributed by atoms with Crippen molar-refractivity contribution >= 4 is 16.7 Å². The van der Waals surface area contributed by atoms with Crippen LogP contribution in [0, 0.1) is 5.82 Å². The van der Waals surface area contributed by atoms with Crippen molar-refractivity contribution in [3.05, 3.63) is 28.4 Å². The lowest BCUT2D eigenvalue weighted by Crippen LogP contribution is -2.14. The number of nitrogens with one attached hydrogen (secondary N) is 1. The average molecular weight is 207 g/mol. The molecule has 0 radical (unpaired) electrons. The van der Waals surface area contributed by atoms with Gasteiger partial charge in [-0.3, -0.25) is 4.57 Å². The number of benzene rings is 1. The molecule has 0 spiro atoms. The molecule has 4 nitrogen and oxygen atoms in total. The molecule has 1 saturated carbocycles. The van der Waals surface area contributed by atoms with Crippen LogP contribution in [-0.4, -0.2) is 9.55 Å². The van der Waals surface area contributed by atoms with E-state index < -0.39 is 5.82 Å². The Balaban J connectivity index is 2.39. The zero-order valence-electron chi connectivity index (χ0n) is 7.96. The Hall–Kier alpha value is -1.78. The third-order valence-corrected chi connectivity index (χ3v) is 2.75. The highest BCUT2D eigenvalue weighted by Crippen LogP contribution is 2.36. The van der Waals surface area contributed by atoms with Crippen molar-refractivity contribution < 1.29 is 4.39 Å². The Morgan fingerprint density at radius 3 is 2.87 bits per heavy atom. The second-order valence-electron chi connectivity index (χ2n) is 3.92. The van der Waals surface area contributed by atoms with E-state index in [2.05, 4.69) is 4.98 Å². The number of hydrogen-bond acceptors (Lipinski definition) is 2. The SMILES string of the molecule is Nc1cc2[nH]c(=O)n(C3CC3)c2cc1F. The number of nitrogen functional groups attached to an aromatic ring is 1. The molecule has 1 fully saturated rings. The van der Waals surface area contributed by atoms with Crippen LogP contribution >= 0.6 is 0 Å². The van der Waals surface area contributed by atoms with E-state index in [4.69, 9.17) is 5.73 Å². The summed E-state index contributed by atoms with van der Waals surface area (Å²) >= 11 is 0. The summed E-state index contributed by atoms with van der Waals surface area (Å²) in [6, 6.07) is 3.01. The van der Waals surface area contributed by atoms with Gasteiger partial charge in [-0.25, -0.2) is 9.18 Å². The minimum absolute atomic E-state index is 0.0618. The first-order valence-corrected chi connectivity index (χ1v) is 4.86. The molecule has 1 aromatic carbocycles. The summed E-state index contributed by atoms with van der Waals surface area (Å²) < 4.78 is 14.9. The maximum absolute atomic E-state index is 13.3. The molecule has 0 atom stereocenters. The van der Waals surface area contributed by atoms with Crippen LogP contribution in [-0.2, 0) is 0 Å². The minimum atomic E-state index is -0.476. The molecule has 0 bridgehead atoms. The molecule has 1 aliphatic carbocycles. The zero-order chi connectivity index (χ0) is 10.6. The Labute approximate surface area is 84.5 Å². The first kappa shape index (κ1) is 8.52. The molecule has 0 saturated heterocycles. The summed E-state index contributed by atoms with van der Waals surface area (Å²) in [5, 5.41) is 0. The first-order chi connectivity index (χ1) is 7.16. The molecule has 78 valence electrons. The number of aromatic nitrogens is 2. The van der Waals surface area contributed by atoms with Gasteiger partial charge in [0.2, 0.25) is 0 Å². The molecule has 3 rings (SSSR count). The van der Waals surface area contributed by atoms with Gasteiger partial charge in [-0.15, -0.1) is 0 Å². The van der Waals surface area contributed by atoms with Crippen molar-refractivity contribution in [2.75, 3.05) is 5.73 Å². The van der Waals surface area contributed by atoms with Crippen LogP contribution in [0.1, 0.15) is 18.9 Å². The molecule has 0 aliphatic heterocycles. The molecular formula is C10H10FN3O. The average Bonchev–Trinajstić information content (AvgIpc) is 2.93. The molecule has 0 unspecified atom stereocenters. The van der Waals surface area contributed by atoms with Crippen LogP contribution in [0.25, 0.3) is 11.0 Å². The van der Waals surface area contributed by atoms with Crippen molar-refractivity contribution in [2.45, 2.75) is 18.9 Å². The van der Waals surface area contributed by atoms with Crippen LogP contribution in [0.2, 0.25) is 0 Å². The van der Waals surface area contributed by atoms with Gasteiger partial charge in [0.05, 0.1) is 16.7 Å². The number of fused-ring (bicyclic) bond motifs is 1. The standard InChI is InChI=1S/C10H10FN3O/c11-6-3-9-8(4-7(6)12)13-10(15)14(9)5-1-2-5/h3-5H,1-2,12H2,(H,13,15). The first-order valence-electron chi connectivity index (χ1n) is 4.86. The van der Waals surface area contributed by atoms with Crippen molar-refractivity contribution in [3.8, 4) is 0 Å². The summed E-state index contributed by atoms with van der Waals surface area (Å²) in [6.45, 7) is 0. The zero-order valence-corrected chi connectivity index (χ0v) is 7.96. The van der Waals surface area contributed by atoms with Gasteiger partial charge >= 0.3 is 5.69 Å². The molecular weight excluding hydrogens is 197 g/mol. The Bertz CT molecular complexity index is 594. The quantitative estimate of drug-likeness (QED) is 0.694. The highest BCUT2D eigenvalue weighted by atomic mass is 19.1. The molecule has 1 aliphatic rings. The molecule has 15 heavy (non-hydrogen) atoms. The summed E-state index contributed by atoms with van der Waals surface area (Å²) in [4.78, 5) is 14.3. The van der Waals surface area contributed by atoms with Crippen molar-refractivity contribution in [1.82, 2.24) is 9.55 Å². The Kier molecular flexibility index (Phi) is 1.49. The van der Waals surface area contributed by atoms with Crippen LogP contribution in [0.5, 0.6) is 0 Å². The van der Waals surface area contributed by atoms with Gasteiger partial charge in [0.1, 0.15) is 5.82 Å². The van der Waals surface area contributed by atoms with E-state index >= 15 is 0 Å². The lowest BCUT2D eigenvalue weighted by atomic mass is 10.2. The lowest BCUT2D eigenvalue weighted by molar-refractivity contribution is 0.632. The van der Waals surface area contributed by atoms with Gasteiger partial charge in [-0.05, 0) is 18.9 Å². The largest absolute Gasteiger partial charge is 0.396 e. The van der Waals surface area contributed by atoms with E-state index in [1.165, 1.54) is 12.1 Å². The van der Waals surface area contributed by atoms with E-state index in [1.54, 1.807) is 4.57 Å². The number of H-pyrrole nitrogens is 1. The topological polar surface area (TPSA) is 63.8 Å². The number of nitrogens with two attached hydrogens (primary N) is 1. The highest BCUT2D eigenvalue weighted by molar-refractivity contribution is 5.79. The van der Waals surface area contributed by atoms with Crippen LogP contribution in [0.15, 0.2) is 16.9 Å². The number of hydrogen-bond donors (Lipinski definition) is 2. The fraction of sp³-hybridized carbons (Fsp3) is 0.300. The molecule has 3 N–H and O–H groups in total. The normalized spacial score (nSPS) is 16.1. The molecule has 5 heteroatoms. The summed E-state index contributed by atoms with van der Waals surface area (Å²) in [5.41, 5.74) is 6.52. The maximum Gasteiger partial charge on any atom is 0.326 e. The van der Waals surface area contributed by atoms with Gasteiger partial charge in [0.15, 0.2) is 0 Å². The number of nitrogens with zero attached hydrogens (tertiary/aromatic N) is 1. The van der Waals surface area contributed by atoms with Gasteiger partial charge in [-0.2, -0.15) is 0 Å². The van der Waals surface area contributed by atoms with Crippen molar-refractivity contribution in [2.24, 2.45) is 0 Å². The lowest BCUT2D eigenvalue weighted by Gasteiger charge is -2.00. The number of rotatable bonds is 1. The van der Waals surface area contributed by atoms with Gasteiger partial charge in [-0.1, -0.05) is 0 Å².